The van der Waals surface area contributed by atoms with Crippen LogP contribution in [0.25, 0.3) is 0 Å². The molecule has 0 aromatic heterocycles. The molecule has 0 aliphatic heterocycles. The molecule has 0 unspecified atom stereocenters. The molecule has 0 heterocycles. The van der Waals surface area contributed by atoms with Crippen molar-refractivity contribution in [2.75, 3.05) is 23.7 Å². The van der Waals surface area contributed by atoms with Crippen LogP contribution in [0.15, 0.2) is 78.9 Å². The van der Waals surface area contributed by atoms with E-state index in [1.54, 1.807) is 30.3 Å². The second-order valence-corrected chi connectivity index (χ2v) is 9.45. The topological polar surface area (TPSA) is 75.7 Å². The SMILES string of the molecule is Cc1ccccc1N(Cc1ccc(C(=O)NCCOCc2ccccc2)cc1)S(C)(=O)=O. The van der Waals surface area contributed by atoms with Crippen molar-refractivity contribution in [1.29, 1.82) is 0 Å². The number of hydrogen-bond acceptors (Lipinski definition) is 4. The predicted octanol–water partition coefficient (Wildman–Crippen LogP) is 3.91. The van der Waals surface area contributed by atoms with Gasteiger partial charge in [0.15, 0.2) is 0 Å². The molecule has 1 amide bonds. The van der Waals surface area contributed by atoms with Gasteiger partial charge in [0.2, 0.25) is 10.0 Å². The number of rotatable bonds is 10. The monoisotopic (exact) mass is 452 g/mol. The first kappa shape index (κ1) is 23.5. The third kappa shape index (κ3) is 6.67. The minimum atomic E-state index is -3.46. The van der Waals surface area contributed by atoms with Gasteiger partial charge in [0, 0.05) is 12.1 Å². The van der Waals surface area contributed by atoms with E-state index in [2.05, 4.69) is 5.32 Å². The summed E-state index contributed by atoms with van der Waals surface area (Å²) in [5.41, 5.74) is 3.92. The number of sulfonamides is 1. The zero-order valence-corrected chi connectivity index (χ0v) is 19.1. The van der Waals surface area contributed by atoms with Crippen LogP contribution in [0.3, 0.4) is 0 Å². The first-order chi connectivity index (χ1) is 15.3. The summed E-state index contributed by atoms with van der Waals surface area (Å²) >= 11 is 0. The molecule has 0 saturated heterocycles. The highest BCUT2D eigenvalue weighted by Gasteiger charge is 2.19. The van der Waals surface area contributed by atoms with Crippen LogP contribution in [0.1, 0.15) is 27.0 Å². The van der Waals surface area contributed by atoms with E-state index in [1.165, 1.54) is 10.6 Å². The molecule has 32 heavy (non-hydrogen) atoms. The Labute approximate surface area is 189 Å². The van der Waals surface area contributed by atoms with Crippen molar-refractivity contribution in [3.05, 3.63) is 101 Å². The molecular weight excluding hydrogens is 424 g/mol. The fourth-order valence-corrected chi connectivity index (χ4v) is 4.20. The first-order valence-electron chi connectivity index (χ1n) is 10.4. The summed E-state index contributed by atoms with van der Waals surface area (Å²) in [5, 5.41) is 2.83. The maximum absolute atomic E-state index is 12.4. The second-order valence-electron chi connectivity index (χ2n) is 7.55. The number of hydrogen-bond donors (Lipinski definition) is 1. The highest BCUT2D eigenvalue weighted by atomic mass is 32.2. The molecule has 0 radical (unpaired) electrons. The fourth-order valence-electron chi connectivity index (χ4n) is 3.25. The van der Waals surface area contributed by atoms with Gasteiger partial charge in [-0.3, -0.25) is 9.10 Å². The summed E-state index contributed by atoms with van der Waals surface area (Å²) in [6, 6.07) is 24.2. The molecule has 0 bridgehead atoms. The lowest BCUT2D eigenvalue weighted by molar-refractivity contribution is 0.0901. The molecule has 168 valence electrons. The lowest BCUT2D eigenvalue weighted by Crippen LogP contribution is -2.30. The molecule has 3 aromatic carbocycles. The van der Waals surface area contributed by atoms with Gasteiger partial charge >= 0.3 is 0 Å². The Morgan fingerprint density at radius 2 is 1.56 bits per heavy atom. The number of para-hydroxylation sites is 1. The summed E-state index contributed by atoms with van der Waals surface area (Å²) in [6.45, 7) is 3.40. The Balaban J connectivity index is 1.54. The molecule has 1 N–H and O–H groups in total. The van der Waals surface area contributed by atoms with Crippen LogP contribution in [0.4, 0.5) is 5.69 Å². The molecule has 0 aliphatic rings. The van der Waals surface area contributed by atoms with E-state index < -0.39 is 10.0 Å². The van der Waals surface area contributed by atoms with Crippen LogP contribution >= 0.6 is 0 Å². The maximum atomic E-state index is 12.4. The number of carbonyl (C=O) groups excluding carboxylic acids is 1. The Morgan fingerprint density at radius 1 is 0.906 bits per heavy atom. The fraction of sp³-hybridized carbons (Fsp3) is 0.240. The van der Waals surface area contributed by atoms with Crippen molar-refractivity contribution < 1.29 is 17.9 Å². The van der Waals surface area contributed by atoms with E-state index in [-0.39, 0.29) is 12.5 Å². The van der Waals surface area contributed by atoms with Crippen molar-refractivity contribution in [3.8, 4) is 0 Å². The van der Waals surface area contributed by atoms with Gasteiger partial charge in [0.1, 0.15) is 0 Å². The van der Waals surface area contributed by atoms with E-state index in [9.17, 15) is 13.2 Å². The van der Waals surface area contributed by atoms with Crippen LogP contribution in [0.2, 0.25) is 0 Å². The zero-order chi connectivity index (χ0) is 23.0. The van der Waals surface area contributed by atoms with E-state index >= 15 is 0 Å². The van der Waals surface area contributed by atoms with Gasteiger partial charge in [0.05, 0.1) is 31.7 Å². The molecule has 6 nitrogen and oxygen atoms in total. The molecular formula is C25H28N2O4S. The predicted molar refractivity (Wildman–Crippen MR) is 127 cm³/mol. The van der Waals surface area contributed by atoms with Crippen molar-refractivity contribution in [1.82, 2.24) is 5.32 Å². The number of amides is 1. The lowest BCUT2D eigenvalue weighted by Gasteiger charge is -2.24. The Kier molecular flexibility index (Phi) is 8.03. The molecule has 0 spiro atoms. The Hall–Kier alpha value is -3.16. The molecule has 0 fully saturated rings. The smallest absolute Gasteiger partial charge is 0.251 e. The molecule has 0 atom stereocenters. The van der Waals surface area contributed by atoms with Gasteiger partial charge in [-0.2, -0.15) is 0 Å². The molecule has 7 heteroatoms. The Bertz CT molecular complexity index is 1130. The minimum absolute atomic E-state index is 0.193. The standard InChI is InChI=1S/C25H28N2O4S/c1-20-8-6-7-11-24(20)27(32(2,29)30)18-21-12-14-23(15-13-21)25(28)26-16-17-31-19-22-9-4-3-5-10-22/h3-15H,16-19H2,1-2H3,(H,26,28). The van der Waals surface area contributed by atoms with Gasteiger partial charge in [-0.15, -0.1) is 0 Å². The third-order valence-corrected chi connectivity index (χ3v) is 6.10. The van der Waals surface area contributed by atoms with E-state index in [1.807, 2.05) is 55.5 Å². The molecule has 0 aliphatic carbocycles. The van der Waals surface area contributed by atoms with Crippen LogP contribution in [0, 0.1) is 6.92 Å². The van der Waals surface area contributed by atoms with Gasteiger partial charge in [-0.05, 0) is 41.8 Å². The zero-order valence-electron chi connectivity index (χ0n) is 18.3. The number of nitrogens with zero attached hydrogens (tertiary/aromatic N) is 1. The van der Waals surface area contributed by atoms with E-state index in [0.29, 0.717) is 31.0 Å². The lowest BCUT2D eigenvalue weighted by atomic mass is 10.1. The average molecular weight is 453 g/mol. The number of anilines is 1. The number of benzene rings is 3. The summed E-state index contributed by atoms with van der Waals surface area (Å²) < 4.78 is 31.7. The number of nitrogens with one attached hydrogen (secondary N) is 1. The van der Waals surface area contributed by atoms with E-state index in [4.69, 9.17) is 4.74 Å². The summed E-state index contributed by atoms with van der Waals surface area (Å²) in [6.07, 6.45) is 1.20. The number of carbonyl (C=O) groups is 1. The largest absolute Gasteiger partial charge is 0.375 e. The van der Waals surface area contributed by atoms with Crippen molar-refractivity contribution in [2.45, 2.75) is 20.1 Å². The Morgan fingerprint density at radius 3 is 2.22 bits per heavy atom. The van der Waals surface area contributed by atoms with Gasteiger partial charge in [-0.25, -0.2) is 8.42 Å². The normalized spacial score (nSPS) is 11.2. The van der Waals surface area contributed by atoms with Gasteiger partial charge in [-0.1, -0.05) is 60.7 Å². The number of aryl methyl sites for hydroxylation is 1. The highest BCUT2D eigenvalue weighted by molar-refractivity contribution is 7.92. The van der Waals surface area contributed by atoms with Crippen LogP contribution in [0.5, 0.6) is 0 Å². The van der Waals surface area contributed by atoms with Crippen molar-refractivity contribution in [2.24, 2.45) is 0 Å². The summed E-state index contributed by atoms with van der Waals surface area (Å²) in [7, 11) is -3.46. The van der Waals surface area contributed by atoms with Gasteiger partial charge in [0.25, 0.3) is 5.91 Å². The third-order valence-electron chi connectivity index (χ3n) is 4.97. The van der Waals surface area contributed by atoms with Gasteiger partial charge < -0.3 is 10.1 Å². The van der Waals surface area contributed by atoms with Crippen molar-refractivity contribution >= 4 is 21.6 Å². The minimum Gasteiger partial charge on any atom is -0.375 e. The first-order valence-corrected chi connectivity index (χ1v) is 12.2. The quantitative estimate of drug-likeness (QED) is 0.473. The van der Waals surface area contributed by atoms with Crippen LogP contribution in [-0.2, 0) is 27.9 Å². The average Bonchev–Trinajstić information content (AvgIpc) is 2.78. The van der Waals surface area contributed by atoms with Crippen LogP contribution in [-0.4, -0.2) is 33.7 Å². The summed E-state index contributed by atoms with van der Waals surface area (Å²) in [4.78, 5) is 12.4. The van der Waals surface area contributed by atoms with E-state index in [0.717, 1.165) is 16.7 Å². The van der Waals surface area contributed by atoms with Crippen molar-refractivity contribution in [3.63, 3.8) is 0 Å². The van der Waals surface area contributed by atoms with Crippen LogP contribution < -0.4 is 9.62 Å². The maximum Gasteiger partial charge on any atom is 0.251 e. The molecule has 3 aromatic rings. The highest BCUT2D eigenvalue weighted by Crippen LogP contribution is 2.24. The number of ether oxygens (including phenoxy) is 1. The second kappa shape index (κ2) is 10.9. The molecule has 0 saturated carbocycles. The summed E-state index contributed by atoms with van der Waals surface area (Å²) in [5.74, 6) is -0.196. The molecule has 3 rings (SSSR count).